The van der Waals surface area contributed by atoms with Gasteiger partial charge in [-0.3, -0.25) is 4.99 Å². The van der Waals surface area contributed by atoms with Crippen molar-refractivity contribution in [3.05, 3.63) is 23.8 Å². The van der Waals surface area contributed by atoms with E-state index in [4.69, 9.17) is 9.88 Å². The lowest BCUT2D eigenvalue weighted by Crippen LogP contribution is -2.18. The van der Waals surface area contributed by atoms with Crippen LogP contribution in [0.5, 0.6) is 11.5 Å². The van der Waals surface area contributed by atoms with Gasteiger partial charge >= 0.3 is 0 Å². The molecule has 0 fully saturated rings. The van der Waals surface area contributed by atoms with Crippen molar-refractivity contribution in [1.29, 1.82) is 0 Å². The molecule has 0 aromatic heterocycles. The highest BCUT2D eigenvalue weighted by molar-refractivity contribution is 7.89. The molecule has 0 bridgehead atoms. The van der Waals surface area contributed by atoms with E-state index in [1.165, 1.54) is 19.4 Å². The van der Waals surface area contributed by atoms with Gasteiger partial charge < -0.3 is 9.84 Å². The van der Waals surface area contributed by atoms with Crippen molar-refractivity contribution < 1.29 is 18.3 Å². The van der Waals surface area contributed by atoms with E-state index >= 15 is 0 Å². The van der Waals surface area contributed by atoms with Crippen molar-refractivity contribution >= 4 is 16.2 Å². The maximum atomic E-state index is 10.6. The number of aromatic hydroxyl groups is 1. The summed E-state index contributed by atoms with van der Waals surface area (Å²) in [6, 6.07) is 4.67. The van der Waals surface area contributed by atoms with Gasteiger partial charge in [0.25, 0.3) is 0 Å². The molecule has 1 aromatic carbocycles. The van der Waals surface area contributed by atoms with Crippen molar-refractivity contribution in [3.8, 4) is 11.5 Å². The quantitative estimate of drug-likeness (QED) is 0.731. The molecule has 0 saturated carbocycles. The number of nitrogens with zero attached hydrogens (tertiary/aromatic N) is 1. The minimum atomic E-state index is -3.50. The Balaban J connectivity index is 2.70. The molecular weight excluding hydrogens is 244 g/mol. The van der Waals surface area contributed by atoms with Crippen molar-refractivity contribution in [2.24, 2.45) is 10.1 Å². The van der Waals surface area contributed by atoms with Crippen LogP contribution in [0, 0.1) is 0 Å². The molecule has 0 radical (unpaired) electrons. The number of hydrogen-bond donors (Lipinski definition) is 2. The monoisotopic (exact) mass is 258 g/mol. The summed E-state index contributed by atoms with van der Waals surface area (Å²) < 4.78 is 26.3. The zero-order valence-electron chi connectivity index (χ0n) is 9.33. The third-order valence-electron chi connectivity index (χ3n) is 1.97. The Kier molecular flexibility index (Phi) is 4.47. The number of rotatable bonds is 5. The highest BCUT2D eigenvalue weighted by Crippen LogP contribution is 2.20. The predicted molar refractivity (Wildman–Crippen MR) is 65.1 cm³/mol. The number of benzene rings is 1. The summed E-state index contributed by atoms with van der Waals surface area (Å²) in [4.78, 5) is 3.86. The topological polar surface area (TPSA) is 102 Å². The van der Waals surface area contributed by atoms with Crippen LogP contribution in [0.3, 0.4) is 0 Å². The number of ether oxygens (including phenoxy) is 1. The van der Waals surface area contributed by atoms with Crippen molar-refractivity contribution in [2.45, 2.75) is 0 Å². The average molecular weight is 258 g/mol. The molecule has 0 saturated heterocycles. The van der Waals surface area contributed by atoms with E-state index in [-0.39, 0.29) is 18.0 Å². The first kappa shape index (κ1) is 13.5. The Morgan fingerprint density at radius 2 is 2.24 bits per heavy atom. The molecule has 1 aromatic rings. The number of nitrogens with two attached hydrogens (primary N) is 1. The molecular formula is C10H14N2O4S. The van der Waals surface area contributed by atoms with E-state index in [2.05, 4.69) is 4.99 Å². The number of phenols is 1. The molecule has 0 atom stereocenters. The zero-order chi connectivity index (χ0) is 12.9. The van der Waals surface area contributed by atoms with Crippen LogP contribution in [0.4, 0.5) is 0 Å². The van der Waals surface area contributed by atoms with Crippen LogP contribution in [0.15, 0.2) is 23.2 Å². The molecule has 1 rings (SSSR count). The molecule has 0 aliphatic carbocycles. The maximum absolute atomic E-state index is 10.6. The van der Waals surface area contributed by atoms with E-state index in [0.717, 1.165) is 0 Å². The molecule has 0 unspecified atom stereocenters. The Morgan fingerprint density at radius 1 is 1.53 bits per heavy atom. The van der Waals surface area contributed by atoms with Crippen molar-refractivity contribution in [2.75, 3.05) is 19.4 Å². The van der Waals surface area contributed by atoms with Crippen LogP contribution >= 0.6 is 0 Å². The van der Waals surface area contributed by atoms with Gasteiger partial charge in [-0.25, -0.2) is 13.6 Å². The fourth-order valence-electron chi connectivity index (χ4n) is 1.11. The van der Waals surface area contributed by atoms with Crippen molar-refractivity contribution in [1.82, 2.24) is 0 Å². The second-order valence-corrected chi connectivity index (χ2v) is 5.06. The summed E-state index contributed by atoms with van der Waals surface area (Å²) in [6.07, 6.45) is 1.38. The fourth-order valence-corrected chi connectivity index (χ4v) is 1.47. The third-order valence-corrected chi connectivity index (χ3v) is 2.72. The van der Waals surface area contributed by atoms with E-state index in [1.807, 2.05) is 0 Å². The van der Waals surface area contributed by atoms with Crippen LogP contribution in [0.25, 0.3) is 0 Å². The van der Waals surface area contributed by atoms with Gasteiger partial charge in [-0.1, -0.05) is 0 Å². The first-order valence-electron chi connectivity index (χ1n) is 4.79. The van der Waals surface area contributed by atoms with Gasteiger partial charge in [-0.2, -0.15) is 0 Å². The summed E-state index contributed by atoms with van der Waals surface area (Å²) in [7, 11) is -1.99. The lowest BCUT2D eigenvalue weighted by atomic mass is 10.2. The smallest absolute Gasteiger partial charge is 0.210 e. The Bertz CT molecular complexity index is 511. The Labute approximate surface area is 99.8 Å². The van der Waals surface area contributed by atoms with Crippen molar-refractivity contribution in [3.63, 3.8) is 0 Å². The van der Waals surface area contributed by atoms with E-state index < -0.39 is 10.0 Å². The SMILES string of the molecule is COc1ccc(O)c(C=NCCS(N)(=O)=O)c1. The molecule has 0 amide bonds. The minimum absolute atomic E-state index is 0.0464. The molecule has 7 heteroatoms. The van der Waals surface area contributed by atoms with E-state index in [0.29, 0.717) is 11.3 Å². The number of hydrogen-bond acceptors (Lipinski definition) is 5. The van der Waals surface area contributed by atoms with Gasteiger partial charge in [0, 0.05) is 11.8 Å². The second kappa shape index (κ2) is 5.65. The fraction of sp³-hybridized carbons (Fsp3) is 0.300. The number of sulfonamides is 1. The minimum Gasteiger partial charge on any atom is -0.507 e. The number of aliphatic imine (C=N–C) groups is 1. The molecule has 94 valence electrons. The molecule has 0 aliphatic rings. The predicted octanol–water partition coefficient (Wildman–Crippen LogP) is 0.108. The molecule has 3 N–H and O–H groups in total. The number of phenolic OH excluding ortho intramolecular Hbond substituents is 1. The average Bonchev–Trinajstić information content (AvgIpc) is 2.25. The summed E-state index contributed by atoms with van der Waals surface area (Å²) >= 11 is 0. The summed E-state index contributed by atoms with van der Waals surface area (Å²) in [6.45, 7) is 0.0511. The van der Waals surface area contributed by atoms with Crippen LogP contribution in [-0.4, -0.2) is 39.1 Å². The highest BCUT2D eigenvalue weighted by Gasteiger charge is 2.02. The normalized spacial score (nSPS) is 11.9. The molecule has 0 aliphatic heterocycles. The second-order valence-electron chi connectivity index (χ2n) is 3.33. The lowest BCUT2D eigenvalue weighted by molar-refractivity contribution is 0.412. The standard InChI is InChI=1S/C10H14N2O4S/c1-16-9-2-3-10(13)8(6-9)7-12-4-5-17(11,14)15/h2-3,6-7,13H,4-5H2,1H3,(H2,11,14,15). The van der Waals surface area contributed by atoms with Gasteiger partial charge in [0.15, 0.2) is 0 Å². The third kappa shape index (κ3) is 4.83. The largest absolute Gasteiger partial charge is 0.507 e. The first-order chi connectivity index (χ1) is 7.92. The van der Waals surface area contributed by atoms with Gasteiger partial charge in [-0.05, 0) is 18.2 Å². The summed E-state index contributed by atoms with van der Waals surface area (Å²) in [5.41, 5.74) is 0.457. The number of methoxy groups -OCH3 is 1. The summed E-state index contributed by atoms with van der Waals surface area (Å²) in [5.74, 6) is 0.398. The Morgan fingerprint density at radius 3 is 2.82 bits per heavy atom. The van der Waals surface area contributed by atoms with E-state index in [1.54, 1.807) is 12.1 Å². The summed E-state index contributed by atoms with van der Waals surface area (Å²) in [5, 5.41) is 14.3. The molecule has 0 spiro atoms. The molecule has 0 heterocycles. The Hall–Kier alpha value is -1.60. The van der Waals surface area contributed by atoms with E-state index in [9.17, 15) is 13.5 Å². The van der Waals surface area contributed by atoms with Crippen LogP contribution < -0.4 is 9.88 Å². The molecule has 17 heavy (non-hydrogen) atoms. The molecule has 6 nitrogen and oxygen atoms in total. The van der Waals surface area contributed by atoms with Gasteiger partial charge in [0.05, 0.1) is 19.4 Å². The van der Waals surface area contributed by atoms with Gasteiger partial charge in [-0.15, -0.1) is 0 Å². The highest BCUT2D eigenvalue weighted by atomic mass is 32.2. The first-order valence-corrected chi connectivity index (χ1v) is 6.51. The number of primary sulfonamides is 1. The van der Waals surface area contributed by atoms with Crippen LogP contribution in [-0.2, 0) is 10.0 Å². The lowest BCUT2D eigenvalue weighted by Gasteiger charge is -2.02. The van der Waals surface area contributed by atoms with Crippen LogP contribution in [0.2, 0.25) is 0 Å². The maximum Gasteiger partial charge on any atom is 0.210 e. The van der Waals surface area contributed by atoms with Gasteiger partial charge in [0.2, 0.25) is 10.0 Å². The van der Waals surface area contributed by atoms with Gasteiger partial charge in [0.1, 0.15) is 11.5 Å². The zero-order valence-corrected chi connectivity index (χ0v) is 10.1. The van der Waals surface area contributed by atoms with Crippen LogP contribution in [0.1, 0.15) is 5.56 Å².